The molecule has 2 fully saturated rings. The van der Waals surface area contributed by atoms with Crippen LogP contribution in [0.25, 0.3) is 0 Å². The fourth-order valence-electron chi connectivity index (χ4n) is 3.04. The van der Waals surface area contributed by atoms with Crippen molar-refractivity contribution < 1.29 is 27.6 Å². The molecule has 1 aliphatic heterocycles. The smallest absolute Gasteiger partial charge is 0.345 e. The van der Waals surface area contributed by atoms with Gasteiger partial charge in [-0.1, -0.05) is 19.8 Å². The van der Waals surface area contributed by atoms with E-state index in [-0.39, 0.29) is 5.92 Å². The van der Waals surface area contributed by atoms with Crippen LogP contribution in [0, 0.1) is 5.92 Å². The summed E-state index contributed by atoms with van der Waals surface area (Å²) < 4.78 is 36.1. The summed E-state index contributed by atoms with van der Waals surface area (Å²) in [5.41, 5.74) is -1.01. The van der Waals surface area contributed by atoms with Gasteiger partial charge in [0.25, 0.3) is 5.91 Å². The number of alkyl halides is 3. The standard InChI is InChI=1S/C13H18F3N3O3/c1-8-4-2-3-5-12(8)10(21)19(11(22)18-12)6-9(20)17-7-13(14,15)16/h8H,2-7H2,1H3,(H,17,20)(H,18,22)/t8-,12+/m0/s1. The highest BCUT2D eigenvalue weighted by Crippen LogP contribution is 2.38. The Kier molecular flexibility index (Phi) is 4.35. The topological polar surface area (TPSA) is 78.5 Å². The van der Waals surface area contributed by atoms with Gasteiger partial charge in [0.1, 0.15) is 18.6 Å². The predicted octanol–water partition coefficient (Wildman–Crippen LogP) is 1.17. The SMILES string of the molecule is C[C@H]1CCCC[C@@]12NC(=O)N(CC(=O)NCC(F)(F)F)C2=O. The number of hydrogen-bond acceptors (Lipinski definition) is 3. The van der Waals surface area contributed by atoms with Crippen LogP contribution in [0.4, 0.5) is 18.0 Å². The van der Waals surface area contributed by atoms with E-state index < -0.39 is 42.7 Å². The van der Waals surface area contributed by atoms with E-state index in [1.807, 2.05) is 6.92 Å². The minimum Gasteiger partial charge on any atom is -0.345 e. The van der Waals surface area contributed by atoms with Crippen molar-refractivity contribution in [3.05, 3.63) is 0 Å². The van der Waals surface area contributed by atoms with Crippen LogP contribution in [0.15, 0.2) is 0 Å². The van der Waals surface area contributed by atoms with Gasteiger partial charge in [0.2, 0.25) is 5.91 Å². The van der Waals surface area contributed by atoms with Crippen molar-refractivity contribution in [2.75, 3.05) is 13.1 Å². The number of nitrogens with zero attached hydrogens (tertiary/aromatic N) is 1. The summed E-state index contributed by atoms with van der Waals surface area (Å²) in [6.07, 6.45) is -1.53. The molecule has 6 nitrogen and oxygen atoms in total. The Morgan fingerprint density at radius 1 is 1.41 bits per heavy atom. The number of carbonyl (C=O) groups is 3. The second-order valence-corrected chi connectivity index (χ2v) is 5.83. The van der Waals surface area contributed by atoms with E-state index in [9.17, 15) is 27.6 Å². The molecule has 1 heterocycles. The van der Waals surface area contributed by atoms with Gasteiger partial charge >= 0.3 is 12.2 Å². The predicted molar refractivity (Wildman–Crippen MR) is 69.7 cm³/mol. The monoisotopic (exact) mass is 321 g/mol. The Labute approximate surface area is 125 Å². The van der Waals surface area contributed by atoms with Gasteiger partial charge in [0.15, 0.2) is 0 Å². The minimum absolute atomic E-state index is 0.0686. The fraction of sp³-hybridized carbons (Fsp3) is 0.769. The van der Waals surface area contributed by atoms with Crippen LogP contribution in [0.2, 0.25) is 0 Å². The highest BCUT2D eigenvalue weighted by Gasteiger charge is 2.55. The molecule has 2 atom stereocenters. The van der Waals surface area contributed by atoms with Gasteiger partial charge in [0, 0.05) is 0 Å². The lowest BCUT2D eigenvalue weighted by Gasteiger charge is -2.36. The summed E-state index contributed by atoms with van der Waals surface area (Å²) >= 11 is 0. The molecular formula is C13H18F3N3O3. The third-order valence-corrected chi connectivity index (χ3v) is 4.29. The lowest BCUT2D eigenvalue weighted by Crippen LogP contribution is -2.54. The number of hydrogen-bond donors (Lipinski definition) is 2. The molecule has 4 amide bonds. The van der Waals surface area contributed by atoms with Crippen molar-refractivity contribution in [2.24, 2.45) is 5.92 Å². The van der Waals surface area contributed by atoms with Gasteiger partial charge < -0.3 is 10.6 Å². The molecule has 0 bridgehead atoms. The molecule has 0 aromatic carbocycles. The average Bonchev–Trinajstić information content (AvgIpc) is 2.65. The zero-order valence-electron chi connectivity index (χ0n) is 12.1. The van der Waals surface area contributed by atoms with Crippen LogP contribution in [-0.2, 0) is 9.59 Å². The zero-order chi connectivity index (χ0) is 16.5. The van der Waals surface area contributed by atoms with Crippen LogP contribution in [0.5, 0.6) is 0 Å². The number of carbonyl (C=O) groups excluding carboxylic acids is 3. The summed E-state index contributed by atoms with van der Waals surface area (Å²) in [5.74, 6) is -1.60. The maximum absolute atomic E-state index is 12.5. The molecule has 1 saturated carbocycles. The third-order valence-electron chi connectivity index (χ3n) is 4.29. The van der Waals surface area contributed by atoms with E-state index in [1.165, 1.54) is 0 Å². The van der Waals surface area contributed by atoms with E-state index in [1.54, 1.807) is 5.32 Å². The van der Waals surface area contributed by atoms with Crippen molar-refractivity contribution in [1.29, 1.82) is 0 Å². The van der Waals surface area contributed by atoms with Crippen LogP contribution >= 0.6 is 0 Å². The minimum atomic E-state index is -4.54. The Balaban J connectivity index is 2.02. The summed E-state index contributed by atoms with van der Waals surface area (Å²) in [5, 5.41) is 4.29. The first-order valence-corrected chi connectivity index (χ1v) is 7.13. The van der Waals surface area contributed by atoms with E-state index in [0.29, 0.717) is 11.3 Å². The second-order valence-electron chi connectivity index (χ2n) is 5.83. The molecule has 0 unspecified atom stereocenters. The number of nitrogens with one attached hydrogen (secondary N) is 2. The Bertz CT molecular complexity index is 495. The second kappa shape index (κ2) is 5.77. The first-order valence-electron chi connectivity index (χ1n) is 7.13. The fourth-order valence-corrected chi connectivity index (χ4v) is 3.04. The molecule has 1 spiro atoms. The Hall–Kier alpha value is -1.80. The van der Waals surface area contributed by atoms with Gasteiger partial charge in [-0.3, -0.25) is 14.5 Å². The Morgan fingerprint density at radius 3 is 2.68 bits per heavy atom. The molecule has 0 radical (unpaired) electrons. The van der Waals surface area contributed by atoms with Crippen LogP contribution in [-0.4, -0.2) is 47.6 Å². The quantitative estimate of drug-likeness (QED) is 0.766. The summed E-state index contributed by atoms with van der Waals surface area (Å²) in [4.78, 5) is 36.6. The highest BCUT2D eigenvalue weighted by atomic mass is 19.4. The van der Waals surface area contributed by atoms with Gasteiger partial charge in [0.05, 0.1) is 0 Å². The summed E-state index contributed by atoms with van der Waals surface area (Å²) in [6, 6.07) is -0.721. The molecule has 2 aliphatic rings. The molecule has 1 aliphatic carbocycles. The maximum Gasteiger partial charge on any atom is 0.405 e. The van der Waals surface area contributed by atoms with E-state index in [2.05, 4.69) is 5.32 Å². The number of amides is 4. The van der Waals surface area contributed by atoms with Gasteiger partial charge in [-0.05, 0) is 18.8 Å². The number of rotatable bonds is 3. The third kappa shape index (κ3) is 3.17. The number of urea groups is 1. The largest absolute Gasteiger partial charge is 0.405 e. The van der Waals surface area contributed by atoms with Crippen molar-refractivity contribution in [3.8, 4) is 0 Å². The molecule has 22 heavy (non-hydrogen) atoms. The highest BCUT2D eigenvalue weighted by molar-refractivity contribution is 6.09. The molecule has 2 rings (SSSR count). The molecule has 2 N–H and O–H groups in total. The average molecular weight is 321 g/mol. The number of halogens is 3. The molecule has 0 aromatic rings. The first-order chi connectivity index (χ1) is 10.2. The van der Waals surface area contributed by atoms with Crippen molar-refractivity contribution in [1.82, 2.24) is 15.5 Å². The van der Waals surface area contributed by atoms with Crippen LogP contribution in [0.1, 0.15) is 32.6 Å². The molecule has 1 saturated heterocycles. The zero-order valence-corrected chi connectivity index (χ0v) is 12.1. The van der Waals surface area contributed by atoms with Crippen LogP contribution < -0.4 is 10.6 Å². The van der Waals surface area contributed by atoms with Crippen molar-refractivity contribution >= 4 is 17.8 Å². The normalized spacial score (nSPS) is 28.9. The first kappa shape index (κ1) is 16.6. The van der Waals surface area contributed by atoms with E-state index in [4.69, 9.17) is 0 Å². The van der Waals surface area contributed by atoms with Crippen molar-refractivity contribution in [3.63, 3.8) is 0 Å². The van der Waals surface area contributed by atoms with Gasteiger partial charge in [-0.2, -0.15) is 13.2 Å². The molecule has 0 aromatic heterocycles. The summed E-state index contributed by atoms with van der Waals surface area (Å²) in [6.45, 7) is -0.336. The van der Waals surface area contributed by atoms with Gasteiger partial charge in [-0.15, -0.1) is 0 Å². The molecular weight excluding hydrogens is 303 g/mol. The Morgan fingerprint density at radius 2 is 2.09 bits per heavy atom. The molecule has 124 valence electrons. The van der Waals surface area contributed by atoms with Gasteiger partial charge in [-0.25, -0.2) is 4.79 Å². The lowest BCUT2D eigenvalue weighted by atomic mass is 9.73. The van der Waals surface area contributed by atoms with Crippen molar-refractivity contribution in [2.45, 2.75) is 44.3 Å². The molecule has 9 heteroatoms. The maximum atomic E-state index is 12.5. The van der Waals surface area contributed by atoms with E-state index in [0.717, 1.165) is 19.3 Å². The summed E-state index contributed by atoms with van der Waals surface area (Å²) in [7, 11) is 0. The number of imide groups is 1. The van der Waals surface area contributed by atoms with Crippen LogP contribution in [0.3, 0.4) is 0 Å². The van der Waals surface area contributed by atoms with E-state index >= 15 is 0 Å². The lowest BCUT2D eigenvalue weighted by molar-refractivity contribution is -0.142.